The maximum atomic E-state index is 12.5. The molecule has 5 nitrogen and oxygen atoms in total. The van der Waals surface area contributed by atoms with E-state index in [1.807, 2.05) is 62.4 Å². The van der Waals surface area contributed by atoms with Gasteiger partial charge in [-0.15, -0.1) is 10.2 Å². The quantitative estimate of drug-likeness (QED) is 0.576. The third-order valence-electron chi connectivity index (χ3n) is 4.37. The van der Waals surface area contributed by atoms with Gasteiger partial charge in [-0.2, -0.15) is 0 Å². The maximum Gasteiger partial charge on any atom is 0.234 e. The number of benzene rings is 2. The Balaban J connectivity index is 1.75. The van der Waals surface area contributed by atoms with E-state index >= 15 is 0 Å². The zero-order chi connectivity index (χ0) is 20.1. The summed E-state index contributed by atoms with van der Waals surface area (Å²) in [6.45, 7) is 9.13. The first-order valence-corrected chi connectivity index (χ1v) is 10.4. The number of nitrogens with one attached hydrogen (secondary N) is 1. The number of carbonyl (C=O) groups is 1. The summed E-state index contributed by atoms with van der Waals surface area (Å²) in [5.41, 5.74) is 4.05. The number of aryl methyl sites for hydroxylation is 2. The van der Waals surface area contributed by atoms with Gasteiger partial charge < -0.3 is 9.88 Å². The Morgan fingerprint density at radius 3 is 2.36 bits per heavy atom. The highest BCUT2D eigenvalue weighted by molar-refractivity contribution is 7.99. The molecule has 28 heavy (non-hydrogen) atoms. The van der Waals surface area contributed by atoms with Crippen LogP contribution in [0.2, 0.25) is 0 Å². The molecule has 0 atom stereocenters. The van der Waals surface area contributed by atoms with E-state index in [-0.39, 0.29) is 5.91 Å². The van der Waals surface area contributed by atoms with Gasteiger partial charge in [0.2, 0.25) is 5.91 Å². The normalized spacial score (nSPS) is 11.0. The van der Waals surface area contributed by atoms with Crippen LogP contribution < -0.4 is 5.32 Å². The third kappa shape index (κ3) is 4.81. The van der Waals surface area contributed by atoms with Crippen molar-refractivity contribution >= 4 is 23.4 Å². The number of amides is 1. The van der Waals surface area contributed by atoms with Crippen LogP contribution in [0.3, 0.4) is 0 Å². The number of anilines is 1. The van der Waals surface area contributed by atoms with Gasteiger partial charge in [0, 0.05) is 17.8 Å². The summed E-state index contributed by atoms with van der Waals surface area (Å²) < 4.78 is 2.11. The molecule has 0 spiro atoms. The second-order valence-corrected chi connectivity index (χ2v) is 8.22. The minimum Gasteiger partial charge on any atom is -0.325 e. The average Bonchev–Trinajstić information content (AvgIpc) is 3.06. The van der Waals surface area contributed by atoms with Gasteiger partial charge in [0.15, 0.2) is 11.0 Å². The van der Waals surface area contributed by atoms with Crippen molar-refractivity contribution in [2.75, 3.05) is 11.1 Å². The van der Waals surface area contributed by atoms with Crippen LogP contribution in [0, 0.1) is 19.8 Å². The largest absolute Gasteiger partial charge is 0.325 e. The maximum absolute atomic E-state index is 12.5. The Morgan fingerprint density at radius 1 is 1.04 bits per heavy atom. The fraction of sp³-hybridized carbons (Fsp3) is 0.318. The zero-order valence-electron chi connectivity index (χ0n) is 16.8. The number of aromatic nitrogens is 3. The highest BCUT2D eigenvalue weighted by Gasteiger charge is 2.17. The van der Waals surface area contributed by atoms with Crippen LogP contribution in [0.15, 0.2) is 53.7 Å². The predicted octanol–water partition coefficient (Wildman–Crippen LogP) is 4.95. The highest BCUT2D eigenvalue weighted by atomic mass is 32.2. The summed E-state index contributed by atoms with van der Waals surface area (Å²) >= 11 is 1.42. The van der Waals surface area contributed by atoms with Crippen molar-refractivity contribution < 1.29 is 4.79 Å². The lowest BCUT2D eigenvalue weighted by Gasteiger charge is -2.13. The standard InChI is InChI=1S/C22H26N4OS/c1-15(2)13-26-21(18-11-6-5-7-12-18)24-25-22(26)28-14-19(27)23-20-16(3)9-8-10-17(20)4/h5-12,15H,13-14H2,1-4H3,(H,23,27). The van der Waals surface area contributed by atoms with Crippen molar-refractivity contribution in [2.24, 2.45) is 5.92 Å². The van der Waals surface area contributed by atoms with Crippen LogP contribution in [0.5, 0.6) is 0 Å². The number of rotatable bonds is 7. The molecule has 0 aliphatic heterocycles. The molecule has 0 aliphatic carbocycles. The van der Waals surface area contributed by atoms with Crippen LogP contribution in [-0.4, -0.2) is 26.4 Å². The molecule has 0 radical (unpaired) electrons. The fourth-order valence-electron chi connectivity index (χ4n) is 3.04. The predicted molar refractivity (Wildman–Crippen MR) is 116 cm³/mol. The first-order valence-electron chi connectivity index (χ1n) is 9.43. The van der Waals surface area contributed by atoms with Crippen LogP contribution in [0.4, 0.5) is 5.69 Å². The van der Waals surface area contributed by atoms with Crippen molar-refractivity contribution in [3.05, 3.63) is 59.7 Å². The molecule has 0 saturated heterocycles. The van der Waals surface area contributed by atoms with Gasteiger partial charge in [-0.05, 0) is 30.9 Å². The molecule has 1 amide bonds. The first-order chi connectivity index (χ1) is 13.5. The minimum atomic E-state index is -0.0391. The Morgan fingerprint density at radius 2 is 1.71 bits per heavy atom. The molecule has 0 fully saturated rings. The van der Waals surface area contributed by atoms with E-state index in [2.05, 4.69) is 33.9 Å². The summed E-state index contributed by atoms with van der Waals surface area (Å²) in [6, 6.07) is 16.0. The zero-order valence-corrected chi connectivity index (χ0v) is 17.6. The number of thioether (sulfide) groups is 1. The topological polar surface area (TPSA) is 59.8 Å². The number of hydrogen-bond donors (Lipinski definition) is 1. The van der Waals surface area contributed by atoms with Gasteiger partial charge >= 0.3 is 0 Å². The van der Waals surface area contributed by atoms with E-state index in [1.54, 1.807) is 0 Å². The second-order valence-electron chi connectivity index (χ2n) is 7.28. The lowest BCUT2D eigenvalue weighted by atomic mass is 10.1. The Bertz CT molecular complexity index is 930. The molecule has 0 bridgehead atoms. The molecule has 146 valence electrons. The summed E-state index contributed by atoms with van der Waals surface area (Å²) in [7, 11) is 0. The Labute approximate surface area is 170 Å². The van der Waals surface area contributed by atoms with Gasteiger partial charge in [0.1, 0.15) is 0 Å². The second kappa shape index (κ2) is 9.06. The number of nitrogens with zero attached hydrogens (tertiary/aromatic N) is 3. The molecule has 3 rings (SSSR count). The van der Waals surface area contributed by atoms with E-state index < -0.39 is 0 Å². The summed E-state index contributed by atoms with van der Waals surface area (Å²) in [4.78, 5) is 12.5. The molecule has 1 heterocycles. The summed E-state index contributed by atoms with van der Waals surface area (Å²) in [6.07, 6.45) is 0. The van der Waals surface area contributed by atoms with Gasteiger partial charge in [-0.25, -0.2) is 0 Å². The summed E-state index contributed by atoms with van der Waals surface area (Å²) in [5, 5.41) is 12.5. The van der Waals surface area contributed by atoms with E-state index in [9.17, 15) is 4.79 Å². The van der Waals surface area contributed by atoms with Crippen LogP contribution in [-0.2, 0) is 11.3 Å². The monoisotopic (exact) mass is 394 g/mol. The lowest BCUT2D eigenvalue weighted by Crippen LogP contribution is -2.16. The summed E-state index contributed by atoms with van der Waals surface area (Å²) in [5.74, 6) is 1.54. The molecule has 6 heteroatoms. The third-order valence-corrected chi connectivity index (χ3v) is 5.34. The Kier molecular flexibility index (Phi) is 6.52. The first kappa shape index (κ1) is 20.1. The van der Waals surface area contributed by atoms with Gasteiger partial charge in [0.25, 0.3) is 0 Å². The average molecular weight is 395 g/mol. The molecule has 1 N–H and O–H groups in total. The molecule has 0 saturated carbocycles. The van der Waals surface area contributed by atoms with E-state index in [0.717, 1.165) is 39.9 Å². The van der Waals surface area contributed by atoms with Crippen molar-refractivity contribution in [2.45, 2.75) is 39.4 Å². The molecule has 0 unspecified atom stereocenters. The van der Waals surface area contributed by atoms with Crippen LogP contribution in [0.1, 0.15) is 25.0 Å². The molecule has 3 aromatic rings. The number of para-hydroxylation sites is 1. The van der Waals surface area contributed by atoms with Crippen molar-refractivity contribution in [3.63, 3.8) is 0 Å². The number of carbonyl (C=O) groups excluding carboxylic acids is 1. The number of hydrogen-bond acceptors (Lipinski definition) is 4. The van der Waals surface area contributed by atoms with Gasteiger partial charge in [0.05, 0.1) is 5.75 Å². The van der Waals surface area contributed by atoms with E-state index in [4.69, 9.17) is 0 Å². The van der Waals surface area contributed by atoms with Gasteiger partial charge in [-0.3, -0.25) is 4.79 Å². The molecule has 2 aromatic carbocycles. The SMILES string of the molecule is Cc1cccc(C)c1NC(=O)CSc1nnc(-c2ccccc2)n1CC(C)C. The molecule has 1 aromatic heterocycles. The van der Waals surface area contributed by atoms with E-state index in [0.29, 0.717) is 11.7 Å². The van der Waals surface area contributed by atoms with Gasteiger partial charge in [-0.1, -0.05) is 74.1 Å². The highest BCUT2D eigenvalue weighted by Crippen LogP contribution is 2.26. The lowest BCUT2D eigenvalue weighted by molar-refractivity contribution is -0.113. The van der Waals surface area contributed by atoms with Crippen LogP contribution >= 0.6 is 11.8 Å². The van der Waals surface area contributed by atoms with Crippen molar-refractivity contribution in [3.8, 4) is 11.4 Å². The smallest absolute Gasteiger partial charge is 0.234 e. The molecular formula is C22H26N4OS. The minimum absolute atomic E-state index is 0.0391. The van der Waals surface area contributed by atoms with Crippen LogP contribution in [0.25, 0.3) is 11.4 Å². The van der Waals surface area contributed by atoms with Crippen molar-refractivity contribution in [1.82, 2.24) is 14.8 Å². The molecular weight excluding hydrogens is 368 g/mol. The fourth-order valence-corrected chi connectivity index (χ4v) is 3.79. The van der Waals surface area contributed by atoms with Crippen molar-refractivity contribution in [1.29, 1.82) is 0 Å². The molecule has 0 aliphatic rings. The van der Waals surface area contributed by atoms with E-state index in [1.165, 1.54) is 11.8 Å². The Hall–Kier alpha value is -2.60.